The number of hydrogen-bond acceptors (Lipinski definition) is 6. The van der Waals surface area contributed by atoms with Crippen LogP contribution in [0, 0.1) is 17.8 Å². The standard InChI is InChI=1S/C29H33F7N8O2/c30-27(31)5-3-18(4-6-27)25(41-26(46)20-14-38-44(42-20)8-7-29(34,35)36)21-15-43-22(39-21)10-19(13-37-43)24(17-1-2-17)40-23(45)9-16-11-28(32,33)12-16/h10,13-18,24-25H,1-9,11-12H2,(H,40,45)(H,41,46)/t24?,25-/m0/s1. The number of aryl methyl sites for hydroxylation is 1. The molecule has 3 heterocycles. The number of rotatable bonds is 11. The Hall–Kier alpha value is -3.79. The van der Waals surface area contributed by atoms with Gasteiger partial charge >= 0.3 is 6.18 Å². The summed E-state index contributed by atoms with van der Waals surface area (Å²) in [6.45, 7) is -0.572. The topological polar surface area (TPSA) is 119 Å². The van der Waals surface area contributed by atoms with E-state index in [9.17, 15) is 40.3 Å². The number of carbonyl (C=O) groups is 2. The first-order chi connectivity index (χ1) is 21.6. The molecule has 3 aromatic rings. The molecule has 3 saturated carbocycles. The molecule has 0 bridgehead atoms. The molecule has 0 radical (unpaired) electrons. The molecule has 3 aromatic heterocycles. The summed E-state index contributed by atoms with van der Waals surface area (Å²) < 4.78 is 93.8. The summed E-state index contributed by atoms with van der Waals surface area (Å²) in [5.74, 6) is -7.22. The molecule has 0 aromatic carbocycles. The van der Waals surface area contributed by atoms with Gasteiger partial charge < -0.3 is 10.6 Å². The average molecular weight is 659 g/mol. The molecule has 3 aliphatic rings. The molecule has 2 N–H and O–H groups in total. The number of halogens is 7. The molecule has 2 amide bonds. The van der Waals surface area contributed by atoms with E-state index >= 15 is 0 Å². The van der Waals surface area contributed by atoms with Crippen molar-refractivity contribution in [1.29, 1.82) is 0 Å². The van der Waals surface area contributed by atoms with Crippen LogP contribution in [0.25, 0.3) is 5.65 Å². The number of alkyl halides is 7. The van der Waals surface area contributed by atoms with Crippen LogP contribution in [-0.4, -0.2) is 59.4 Å². The molecular weight excluding hydrogens is 625 g/mol. The van der Waals surface area contributed by atoms with Gasteiger partial charge in [0.15, 0.2) is 11.3 Å². The molecular formula is C29H33F7N8O2. The smallest absolute Gasteiger partial charge is 0.349 e. The van der Waals surface area contributed by atoms with Gasteiger partial charge in [0.2, 0.25) is 17.8 Å². The Labute approximate surface area is 258 Å². The van der Waals surface area contributed by atoms with E-state index in [2.05, 4.69) is 30.9 Å². The molecule has 250 valence electrons. The Bertz CT molecular complexity index is 1570. The highest BCUT2D eigenvalue weighted by molar-refractivity contribution is 5.92. The Kier molecular flexibility index (Phi) is 8.46. The third kappa shape index (κ3) is 7.77. The fourth-order valence-corrected chi connectivity index (χ4v) is 6.34. The van der Waals surface area contributed by atoms with Crippen molar-refractivity contribution in [1.82, 2.24) is 40.2 Å². The highest BCUT2D eigenvalue weighted by Gasteiger charge is 2.46. The zero-order valence-corrected chi connectivity index (χ0v) is 24.6. The normalized spacial score (nSPS) is 21.5. The lowest BCUT2D eigenvalue weighted by Crippen LogP contribution is -2.39. The lowest BCUT2D eigenvalue weighted by atomic mass is 9.79. The first kappa shape index (κ1) is 32.2. The van der Waals surface area contributed by atoms with Gasteiger partial charge in [0.1, 0.15) is 0 Å². The summed E-state index contributed by atoms with van der Waals surface area (Å²) in [5, 5.41) is 17.8. The van der Waals surface area contributed by atoms with E-state index in [1.807, 2.05) is 0 Å². The van der Waals surface area contributed by atoms with Crippen molar-refractivity contribution in [2.45, 2.75) is 101 Å². The van der Waals surface area contributed by atoms with E-state index in [4.69, 9.17) is 0 Å². The Morgan fingerprint density at radius 3 is 2.28 bits per heavy atom. The van der Waals surface area contributed by atoms with Crippen LogP contribution in [0.3, 0.4) is 0 Å². The molecule has 0 spiro atoms. The number of fused-ring (bicyclic) bond motifs is 1. The molecule has 3 fully saturated rings. The number of carbonyl (C=O) groups excluding carboxylic acids is 2. The summed E-state index contributed by atoms with van der Waals surface area (Å²) in [5.41, 5.74) is 1.17. The van der Waals surface area contributed by atoms with E-state index in [0.29, 0.717) is 16.9 Å². The van der Waals surface area contributed by atoms with Crippen LogP contribution in [-0.2, 0) is 11.3 Å². The second-order valence-electron chi connectivity index (χ2n) is 12.8. The average Bonchev–Trinajstić information content (AvgIpc) is 3.52. The zero-order valence-electron chi connectivity index (χ0n) is 24.6. The molecule has 1 unspecified atom stereocenters. The minimum absolute atomic E-state index is 0.0138. The minimum Gasteiger partial charge on any atom is -0.349 e. The van der Waals surface area contributed by atoms with Gasteiger partial charge in [0, 0.05) is 32.1 Å². The van der Waals surface area contributed by atoms with Crippen LogP contribution in [0.4, 0.5) is 30.7 Å². The Balaban J connectivity index is 1.20. The minimum atomic E-state index is -4.43. The van der Waals surface area contributed by atoms with Gasteiger partial charge in [-0.3, -0.25) is 9.59 Å². The maximum absolute atomic E-state index is 14.0. The summed E-state index contributed by atoms with van der Waals surface area (Å²) in [4.78, 5) is 31.3. The molecule has 17 heteroatoms. The van der Waals surface area contributed by atoms with Crippen LogP contribution < -0.4 is 10.6 Å². The predicted molar refractivity (Wildman–Crippen MR) is 147 cm³/mol. The molecule has 6 rings (SSSR count). The van der Waals surface area contributed by atoms with Crippen molar-refractivity contribution < 1.29 is 40.3 Å². The molecule has 0 aliphatic heterocycles. The fourth-order valence-electron chi connectivity index (χ4n) is 6.34. The van der Waals surface area contributed by atoms with Crippen LogP contribution >= 0.6 is 0 Å². The number of imidazole rings is 1. The quantitative estimate of drug-likeness (QED) is 0.260. The van der Waals surface area contributed by atoms with E-state index in [0.717, 1.165) is 23.8 Å². The third-order valence-corrected chi connectivity index (χ3v) is 8.98. The molecule has 10 nitrogen and oxygen atoms in total. The first-order valence-corrected chi connectivity index (χ1v) is 15.3. The van der Waals surface area contributed by atoms with E-state index in [-0.39, 0.29) is 74.4 Å². The van der Waals surface area contributed by atoms with Crippen molar-refractivity contribution in [2.75, 3.05) is 0 Å². The second kappa shape index (κ2) is 12.1. The maximum atomic E-state index is 14.0. The van der Waals surface area contributed by atoms with E-state index in [1.165, 1.54) is 4.52 Å². The number of nitrogens with one attached hydrogen (secondary N) is 2. The van der Waals surface area contributed by atoms with Crippen molar-refractivity contribution in [3.8, 4) is 0 Å². The van der Waals surface area contributed by atoms with Crippen molar-refractivity contribution in [3.63, 3.8) is 0 Å². The summed E-state index contributed by atoms with van der Waals surface area (Å²) in [6, 6.07) is 0.507. The first-order valence-electron chi connectivity index (χ1n) is 15.3. The van der Waals surface area contributed by atoms with E-state index < -0.39 is 48.9 Å². The lowest BCUT2D eigenvalue weighted by Gasteiger charge is -2.34. The van der Waals surface area contributed by atoms with Gasteiger partial charge in [0.05, 0.1) is 49.3 Å². The predicted octanol–water partition coefficient (Wildman–Crippen LogP) is 5.57. The molecule has 3 aliphatic carbocycles. The van der Waals surface area contributed by atoms with Crippen LogP contribution in [0.5, 0.6) is 0 Å². The van der Waals surface area contributed by atoms with Crippen LogP contribution in [0.1, 0.15) is 98.0 Å². The monoisotopic (exact) mass is 658 g/mol. The SMILES string of the molecule is O=C(CC1CC(F)(F)C1)NC(c1cnn2cc([C@@H](NC(=O)c3cnn(CCC(F)(F)F)n3)C3CCC(F)(F)CC3)nc2c1)C1CC1. The van der Waals surface area contributed by atoms with Gasteiger partial charge in [-0.1, -0.05) is 0 Å². The Morgan fingerprint density at radius 2 is 1.63 bits per heavy atom. The number of amides is 2. The molecule has 2 atom stereocenters. The van der Waals surface area contributed by atoms with E-state index in [1.54, 1.807) is 18.5 Å². The number of aromatic nitrogens is 6. The van der Waals surface area contributed by atoms with Gasteiger partial charge in [-0.05, 0) is 55.1 Å². The van der Waals surface area contributed by atoms with Crippen LogP contribution in [0.2, 0.25) is 0 Å². The van der Waals surface area contributed by atoms with Crippen LogP contribution in [0.15, 0.2) is 24.7 Å². The third-order valence-electron chi connectivity index (χ3n) is 8.98. The maximum Gasteiger partial charge on any atom is 0.390 e. The molecule has 46 heavy (non-hydrogen) atoms. The van der Waals surface area contributed by atoms with Crippen molar-refractivity contribution >= 4 is 17.5 Å². The summed E-state index contributed by atoms with van der Waals surface area (Å²) >= 11 is 0. The Morgan fingerprint density at radius 1 is 0.935 bits per heavy atom. The number of hydrogen-bond donors (Lipinski definition) is 2. The van der Waals surface area contributed by atoms with Gasteiger partial charge in [-0.2, -0.15) is 28.2 Å². The second-order valence-corrected chi connectivity index (χ2v) is 12.8. The highest BCUT2D eigenvalue weighted by atomic mass is 19.4. The van der Waals surface area contributed by atoms with Gasteiger partial charge in [-0.25, -0.2) is 27.1 Å². The number of nitrogens with zero attached hydrogens (tertiary/aromatic N) is 6. The van der Waals surface area contributed by atoms with Gasteiger partial charge in [0.25, 0.3) is 5.91 Å². The fraction of sp³-hybridized carbons (Fsp3) is 0.655. The zero-order chi connectivity index (χ0) is 32.9. The lowest BCUT2D eigenvalue weighted by molar-refractivity contribution is -0.138. The summed E-state index contributed by atoms with van der Waals surface area (Å²) in [6.07, 6.45) is -0.844. The van der Waals surface area contributed by atoms with Crippen molar-refractivity contribution in [2.24, 2.45) is 17.8 Å². The van der Waals surface area contributed by atoms with Crippen molar-refractivity contribution in [3.05, 3.63) is 41.6 Å². The highest BCUT2D eigenvalue weighted by Crippen LogP contribution is 2.45. The van der Waals surface area contributed by atoms with Gasteiger partial charge in [-0.15, -0.1) is 5.10 Å². The summed E-state index contributed by atoms with van der Waals surface area (Å²) in [7, 11) is 0. The molecule has 0 saturated heterocycles. The largest absolute Gasteiger partial charge is 0.390 e.